The lowest BCUT2D eigenvalue weighted by molar-refractivity contribution is 0.158. The van der Waals surface area contributed by atoms with E-state index in [4.69, 9.17) is 65.4 Å². The van der Waals surface area contributed by atoms with Crippen molar-refractivity contribution >= 4 is 46.4 Å². The van der Waals surface area contributed by atoms with Crippen LogP contribution in [0.1, 0.15) is 47.9 Å². The van der Waals surface area contributed by atoms with E-state index in [0.29, 0.717) is 68.8 Å². The van der Waals surface area contributed by atoms with Gasteiger partial charge in [0.1, 0.15) is 23.0 Å². The summed E-state index contributed by atoms with van der Waals surface area (Å²) in [6.07, 6.45) is 5.95. The summed E-state index contributed by atoms with van der Waals surface area (Å²) in [5.74, 6) is 3.02. The quantitative estimate of drug-likeness (QED) is 0.0618. The molecule has 0 aliphatic carbocycles. The second kappa shape index (κ2) is 25.4. The van der Waals surface area contributed by atoms with E-state index in [0.717, 1.165) is 47.9 Å². The number of benzene rings is 4. The minimum Gasteiger partial charge on any atom is -0.495 e. The lowest BCUT2D eigenvalue weighted by Gasteiger charge is -2.26. The highest BCUT2D eigenvalue weighted by Gasteiger charge is 2.24. The van der Waals surface area contributed by atoms with Crippen molar-refractivity contribution in [3.8, 4) is 23.0 Å². The molecule has 308 valence electrons. The first kappa shape index (κ1) is 47.5. The third-order valence-electron chi connectivity index (χ3n) is 10.1. The molecule has 56 heavy (non-hydrogen) atoms. The molecule has 4 rings (SSSR count). The van der Waals surface area contributed by atoms with Gasteiger partial charge in [-0.05, 0) is 146 Å². The van der Waals surface area contributed by atoms with E-state index in [1.807, 2.05) is 72.8 Å². The first-order chi connectivity index (χ1) is 27.0. The topological polar surface area (TPSA) is 118 Å². The fraction of sp³-hybridized carbons (Fsp3) is 0.455. The molecule has 0 radical (unpaired) electrons. The molecule has 12 heteroatoms. The van der Waals surface area contributed by atoms with Crippen LogP contribution in [0.15, 0.2) is 72.8 Å². The zero-order valence-electron chi connectivity index (χ0n) is 32.7. The van der Waals surface area contributed by atoms with Gasteiger partial charge in [-0.25, -0.2) is 0 Å². The summed E-state index contributed by atoms with van der Waals surface area (Å²) in [6, 6.07) is 22.9. The molecule has 4 N–H and O–H groups in total. The number of aliphatic hydroxyl groups excluding tert-OH is 4. The zero-order chi connectivity index (χ0) is 41.0. The Balaban J connectivity index is 0.000000300. The van der Waals surface area contributed by atoms with Crippen molar-refractivity contribution in [2.45, 2.75) is 51.4 Å². The Labute approximate surface area is 352 Å². The molecule has 0 aliphatic heterocycles. The van der Waals surface area contributed by atoms with Crippen LogP contribution in [0, 0.1) is 23.7 Å². The summed E-state index contributed by atoms with van der Waals surface area (Å²) >= 11 is 24.5. The van der Waals surface area contributed by atoms with E-state index in [1.54, 1.807) is 28.4 Å². The van der Waals surface area contributed by atoms with Gasteiger partial charge in [-0.15, -0.1) is 0 Å². The highest BCUT2D eigenvalue weighted by Crippen LogP contribution is 2.34. The molecule has 0 saturated heterocycles. The smallest absolute Gasteiger partial charge is 0.137 e. The van der Waals surface area contributed by atoms with Gasteiger partial charge in [0.2, 0.25) is 0 Å². The molecule has 0 amide bonds. The van der Waals surface area contributed by atoms with Crippen LogP contribution in [0.4, 0.5) is 0 Å². The fourth-order valence-electron chi connectivity index (χ4n) is 7.01. The second-order valence-corrected chi connectivity index (χ2v) is 15.5. The van der Waals surface area contributed by atoms with Crippen molar-refractivity contribution in [1.29, 1.82) is 0 Å². The van der Waals surface area contributed by atoms with Crippen molar-refractivity contribution in [1.82, 2.24) is 0 Å². The van der Waals surface area contributed by atoms with E-state index < -0.39 is 0 Å². The minimum atomic E-state index is 0.0408. The molecule has 4 atom stereocenters. The van der Waals surface area contributed by atoms with Crippen LogP contribution in [-0.4, -0.2) is 75.3 Å². The Morgan fingerprint density at radius 2 is 0.661 bits per heavy atom. The predicted molar refractivity (Wildman–Crippen MR) is 228 cm³/mol. The molecule has 0 bridgehead atoms. The normalized spacial score (nSPS) is 13.2. The number of rotatable bonds is 22. The minimum absolute atomic E-state index is 0.0408. The van der Waals surface area contributed by atoms with E-state index in [1.165, 1.54) is 0 Å². The molecule has 4 aromatic rings. The average Bonchev–Trinajstić information content (AvgIpc) is 3.21. The van der Waals surface area contributed by atoms with E-state index >= 15 is 0 Å². The average molecular weight is 855 g/mol. The lowest BCUT2D eigenvalue weighted by atomic mass is 9.80. The zero-order valence-corrected chi connectivity index (χ0v) is 35.7. The molecule has 0 unspecified atom stereocenters. The first-order valence-electron chi connectivity index (χ1n) is 18.8. The Morgan fingerprint density at radius 1 is 0.411 bits per heavy atom. The predicted octanol–water partition coefficient (Wildman–Crippen LogP) is 9.59. The van der Waals surface area contributed by atoms with Crippen molar-refractivity contribution in [3.05, 3.63) is 115 Å². The number of halogens is 4. The third kappa shape index (κ3) is 14.8. The van der Waals surface area contributed by atoms with Gasteiger partial charge in [0, 0.05) is 26.4 Å². The van der Waals surface area contributed by atoms with Crippen LogP contribution < -0.4 is 18.9 Å². The Morgan fingerprint density at radius 3 is 0.875 bits per heavy atom. The highest BCUT2D eigenvalue weighted by atomic mass is 35.5. The van der Waals surface area contributed by atoms with Crippen LogP contribution in [-0.2, 0) is 25.7 Å². The van der Waals surface area contributed by atoms with E-state index in [-0.39, 0.29) is 50.1 Å². The van der Waals surface area contributed by atoms with Crippen LogP contribution >= 0.6 is 46.4 Å². The van der Waals surface area contributed by atoms with Gasteiger partial charge in [-0.3, -0.25) is 0 Å². The maximum Gasteiger partial charge on any atom is 0.137 e. The number of methoxy groups -OCH3 is 4. The monoisotopic (exact) mass is 852 g/mol. The molecule has 8 nitrogen and oxygen atoms in total. The van der Waals surface area contributed by atoms with Crippen LogP contribution in [0.2, 0.25) is 20.1 Å². The lowest BCUT2D eigenvalue weighted by Crippen LogP contribution is -2.23. The Kier molecular flexibility index (Phi) is 21.6. The van der Waals surface area contributed by atoms with Gasteiger partial charge in [0.25, 0.3) is 0 Å². The first-order valence-corrected chi connectivity index (χ1v) is 20.3. The summed E-state index contributed by atoms with van der Waals surface area (Å²) in [5, 5.41) is 41.1. The maximum atomic E-state index is 10.1. The largest absolute Gasteiger partial charge is 0.495 e. The number of hydrogen-bond acceptors (Lipinski definition) is 8. The van der Waals surface area contributed by atoms with Crippen LogP contribution in [0.25, 0.3) is 0 Å². The summed E-state index contributed by atoms with van der Waals surface area (Å²) < 4.78 is 21.2. The summed E-state index contributed by atoms with van der Waals surface area (Å²) in [6.45, 7) is 0.387. The second-order valence-electron chi connectivity index (χ2n) is 13.8. The molecule has 0 aromatic heterocycles. The third-order valence-corrected chi connectivity index (χ3v) is 11.4. The van der Waals surface area contributed by atoms with Gasteiger partial charge in [0.05, 0.1) is 48.5 Å². The van der Waals surface area contributed by atoms with Gasteiger partial charge >= 0.3 is 0 Å². The standard InChI is InChI=1S/2C22H28Cl2O4/c2*1-27-21-12-15(5-7-19(21)23)10-17(4-3-9-25)18(14-26)11-16-6-8-20(24)22(13-16)28-2/h2*5-8,12-13,17-18,25-26H,3-4,9-11,14H2,1-2H3/t2*17-,18+/m10/s1. The molecule has 0 spiro atoms. The van der Waals surface area contributed by atoms with Crippen molar-refractivity contribution in [2.24, 2.45) is 23.7 Å². The fourth-order valence-corrected chi connectivity index (χ4v) is 7.79. The molecule has 0 aliphatic rings. The Bertz CT molecular complexity index is 1630. The number of ether oxygens (including phenoxy) is 4. The molecular formula is C44H56Cl4O8. The highest BCUT2D eigenvalue weighted by molar-refractivity contribution is 6.33. The van der Waals surface area contributed by atoms with Gasteiger partial charge in [0.15, 0.2) is 0 Å². The number of hydrogen-bond donors (Lipinski definition) is 4. The summed E-state index contributed by atoms with van der Waals surface area (Å²) in [7, 11) is 6.37. The summed E-state index contributed by atoms with van der Waals surface area (Å²) in [5.41, 5.74) is 4.30. The Hall–Kier alpha value is -2.92. The molecule has 4 aromatic carbocycles. The van der Waals surface area contributed by atoms with Crippen LogP contribution in [0.3, 0.4) is 0 Å². The maximum absolute atomic E-state index is 10.1. The molecule has 0 heterocycles. The SMILES string of the molecule is COc1cc(C[C@@H](CO)[C@H](CCCO)Cc2ccc(Cl)c(OC)c2)ccc1Cl.COc1cc(C[C@H](CO)[C@@H](CCCO)Cc2ccc(Cl)c(OC)c2)ccc1Cl. The molecule has 0 saturated carbocycles. The summed E-state index contributed by atoms with van der Waals surface area (Å²) in [4.78, 5) is 0. The molecular weight excluding hydrogens is 798 g/mol. The van der Waals surface area contributed by atoms with E-state index in [2.05, 4.69) is 0 Å². The van der Waals surface area contributed by atoms with Crippen molar-refractivity contribution in [3.63, 3.8) is 0 Å². The van der Waals surface area contributed by atoms with Crippen LogP contribution in [0.5, 0.6) is 23.0 Å². The van der Waals surface area contributed by atoms with E-state index in [9.17, 15) is 20.4 Å². The van der Waals surface area contributed by atoms with Gasteiger partial charge in [-0.2, -0.15) is 0 Å². The number of aliphatic hydroxyl groups is 4. The van der Waals surface area contributed by atoms with Crippen molar-refractivity contribution < 1.29 is 39.4 Å². The van der Waals surface area contributed by atoms with Gasteiger partial charge in [-0.1, -0.05) is 70.7 Å². The van der Waals surface area contributed by atoms with Crippen molar-refractivity contribution in [2.75, 3.05) is 54.9 Å². The van der Waals surface area contributed by atoms with Gasteiger partial charge < -0.3 is 39.4 Å². The molecule has 0 fully saturated rings.